The summed E-state index contributed by atoms with van der Waals surface area (Å²) in [7, 11) is 0. The van der Waals surface area contributed by atoms with E-state index in [4.69, 9.17) is 9.26 Å². The summed E-state index contributed by atoms with van der Waals surface area (Å²) in [6.07, 6.45) is 2.50. The number of ether oxygens (including phenoxy) is 1. The number of hydrogen-bond donors (Lipinski definition) is 0. The number of aryl methyl sites for hydroxylation is 1. The van der Waals surface area contributed by atoms with Gasteiger partial charge in [-0.25, -0.2) is 0 Å². The van der Waals surface area contributed by atoms with Crippen LogP contribution in [0.5, 0.6) is 0 Å². The van der Waals surface area contributed by atoms with Gasteiger partial charge in [-0.3, -0.25) is 4.90 Å². The first-order chi connectivity index (χ1) is 10.3. The molecule has 6 heteroatoms. The molecule has 21 heavy (non-hydrogen) atoms. The van der Waals surface area contributed by atoms with Gasteiger partial charge in [-0.2, -0.15) is 4.98 Å². The predicted octanol–water partition coefficient (Wildman–Crippen LogP) is 2.79. The first kappa shape index (κ1) is 13.4. The Bertz CT molecular complexity index is 598. The predicted molar refractivity (Wildman–Crippen MR) is 79.0 cm³/mol. The van der Waals surface area contributed by atoms with Crippen LogP contribution in [-0.2, 0) is 11.3 Å². The molecule has 4 rings (SSSR count). The van der Waals surface area contributed by atoms with Crippen molar-refractivity contribution in [3.8, 4) is 0 Å². The van der Waals surface area contributed by atoms with Gasteiger partial charge in [-0.05, 0) is 43.7 Å². The van der Waals surface area contributed by atoms with Crippen molar-refractivity contribution in [2.24, 2.45) is 5.92 Å². The summed E-state index contributed by atoms with van der Waals surface area (Å²) in [6, 6.07) is 4.32. The molecule has 0 unspecified atom stereocenters. The molecular formula is C15H19N3O2S. The third-order valence-corrected chi connectivity index (χ3v) is 5.28. The highest BCUT2D eigenvalue weighted by Crippen LogP contribution is 2.40. The summed E-state index contributed by atoms with van der Waals surface area (Å²) in [5, 5.41) is 6.01. The van der Waals surface area contributed by atoms with Crippen LogP contribution in [0.3, 0.4) is 0 Å². The molecule has 2 fully saturated rings. The molecule has 0 saturated carbocycles. The Hall–Kier alpha value is -1.24. The second-order valence-corrected chi connectivity index (χ2v) is 6.97. The van der Waals surface area contributed by atoms with Crippen molar-refractivity contribution in [1.82, 2.24) is 15.0 Å². The summed E-state index contributed by atoms with van der Waals surface area (Å²) < 4.78 is 11.4. The van der Waals surface area contributed by atoms with Crippen LogP contribution < -0.4 is 0 Å². The molecule has 2 saturated heterocycles. The first-order valence-corrected chi connectivity index (χ1v) is 8.36. The Kier molecular flexibility index (Phi) is 3.52. The minimum Gasteiger partial charge on any atom is -0.364 e. The molecule has 2 aromatic rings. The molecule has 0 amide bonds. The van der Waals surface area contributed by atoms with Crippen LogP contribution in [0.25, 0.3) is 0 Å². The minimum atomic E-state index is -0.0112. The summed E-state index contributed by atoms with van der Waals surface area (Å²) in [5.41, 5.74) is 0. The van der Waals surface area contributed by atoms with E-state index in [2.05, 4.69) is 32.6 Å². The molecule has 4 heterocycles. The third kappa shape index (κ3) is 2.75. The molecule has 0 N–H and O–H groups in total. The van der Waals surface area contributed by atoms with Gasteiger partial charge in [-0.1, -0.05) is 11.2 Å². The molecule has 5 nitrogen and oxygen atoms in total. The van der Waals surface area contributed by atoms with Gasteiger partial charge in [0.2, 0.25) is 0 Å². The largest absolute Gasteiger partial charge is 0.364 e. The molecular weight excluding hydrogens is 286 g/mol. The lowest BCUT2D eigenvalue weighted by molar-refractivity contribution is -0.0187. The van der Waals surface area contributed by atoms with Crippen LogP contribution in [0.1, 0.15) is 35.5 Å². The van der Waals surface area contributed by atoms with Gasteiger partial charge in [0.1, 0.15) is 6.10 Å². The number of piperidine rings is 1. The molecule has 0 bridgehead atoms. The van der Waals surface area contributed by atoms with E-state index in [9.17, 15) is 0 Å². The van der Waals surface area contributed by atoms with Crippen molar-refractivity contribution in [3.05, 3.63) is 34.1 Å². The maximum absolute atomic E-state index is 6.18. The van der Waals surface area contributed by atoms with Gasteiger partial charge in [0.15, 0.2) is 5.82 Å². The minimum absolute atomic E-state index is 0.0112. The van der Waals surface area contributed by atoms with Crippen LogP contribution in [0.2, 0.25) is 0 Å². The normalized spacial score (nSPS) is 29.7. The van der Waals surface area contributed by atoms with E-state index in [0.717, 1.165) is 26.1 Å². The number of nitrogens with zero attached hydrogens (tertiary/aromatic N) is 3. The van der Waals surface area contributed by atoms with Crippen molar-refractivity contribution in [1.29, 1.82) is 0 Å². The van der Waals surface area contributed by atoms with E-state index in [1.54, 1.807) is 0 Å². The van der Waals surface area contributed by atoms with E-state index in [0.29, 0.717) is 23.7 Å². The standard InChI is InChI=1S/C15H19N3O2S/c1-10-16-15(20-17-10)13-7-11-4-5-18(9-14(11)19-13)8-12-3-2-6-21-12/h2-3,6,11,13-14H,4-5,7-9H2,1H3/t11-,13+,14+/m1/s1. The smallest absolute Gasteiger partial charge is 0.255 e. The maximum Gasteiger partial charge on any atom is 0.255 e. The molecule has 2 aliphatic heterocycles. The van der Waals surface area contributed by atoms with Gasteiger partial charge >= 0.3 is 0 Å². The Balaban J connectivity index is 1.40. The maximum atomic E-state index is 6.18. The van der Waals surface area contributed by atoms with Crippen LogP contribution in [0, 0.1) is 12.8 Å². The highest BCUT2D eigenvalue weighted by Gasteiger charge is 2.41. The lowest BCUT2D eigenvalue weighted by atomic mass is 9.92. The molecule has 112 valence electrons. The number of fused-ring (bicyclic) bond motifs is 1. The lowest BCUT2D eigenvalue weighted by Gasteiger charge is -2.33. The fourth-order valence-electron chi connectivity index (χ4n) is 3.36. The number of aromatic nitrogens is 2. The highest BCUT2D eigenvalue weighted by atomic mass is 32.1. The molecule has 0 aliphatic carbocycles. The van der Waals surface area contributed by atoms with Gasteiger partial charge in [0.25, 0.3) is 5.89 Å². The van der Waals surface area contributed by atoms with Crippen molar-refractivity contribution >= 4 is 11.3 Å². The summed E-state index contributed by atoms with van der Waals surface area (Å²) in [6.45, 7) is 5.04. The van der Waals surface area contributed by atoms with E-state index in [-0.39, 0.29) is 6.10 Å². The monoisotopic (exact) mass is 305 g/mol. The van der Waals surface area contributed by atoms with Gasteiger partial charge in [0, 0.05) is 18.0 Å². The molecule has 2 aromatic heterocycles. The zero-order chi connectivity index (χ0) is 14.2. The summed E-state index contributed by atoms with van der Waals surface area (Å²) >= 11 is 1.83. The van der Waals surface area contributed by atoms with Crippen LogP contribution in [0.15, 0.2) is 22.0 Å². The van der Waals surface area contributed by atoms with Crippen LogP contribution >= 0.6 is 11.3 Å². The van der Waals surface area contributed by atoms with Crippen molar-refractivity contribution < 1.29 is 9.26 Å². The van der Waals surface area contributed by atoms with E-state index >= 15 is 0 Å². The zero-order valence-electron chi connectivity index (χ0n) is 12.1. The lowest BCUT2D eigenvalue weighted by Crippen LogP contribution is -2.41. The fraction of sp³-hybridized carbons (Fsp3) is 0.600. The SMILES string of the molecule is Cc1noc([C@@H]2C[C@H]3CCN(Cc4cccs4)C[C@@H]3O2)n1. The van der Waals surface area contributed by atoms with Gasteiger partial charge in [-0.15, -0.1) is 11.3 Å². The third-order valence-electron chi connectivity index (χ3n) is 4.41. The highest BCUT2D eigenvalue weighted by molar-refractivity contribution is 7.09. The quantitative estimate of drug-likeness (QED) is 0.873. The van der Waals surface area contributed by atoms with E-state index < -0.39 is 0 Å². The summed E-state index contributed by atoms with van der Waals surface area (Å²) in [5.74, 6) is 1.95. The zero-order valence-corrected chi connectivity index (χ0v) is 12.9. The number of thiophene rings is 1. The van der Waals surface area contributed by atoms with Gasteiger partial charge < -0.3 is 9.26 Å². The van der Waals surface area contributed by atoms with Crippen molar-refractivity contribution in [3.63, 3.8) is 0 Å². The summed E-state index contributed by atoms with van der Waals surface area (Å²) in [4.78, 5) is 8.24. The van der Waals surface area contributed by atoms with Gasteiger partial charge in [0.05, 0.1) is 6.10 Å². The van der Waals surface area contributed by atoms with E-state index in [1.165, 1.54) is 11.3 Å². The second kappa shape index (κ2) is 5.51. The first-order valence-electron chi connectivity index (χ1n) is 7.48. The van der Waals surface area contributed by atoms with E-state index in [1.807, 2.05) is 18.3 Å². The molecule has 0 aromatic carbocycles. The Morgan fingerprint density at radius 2 is 2.43 bits per heavy atom. The fourth-order valence-corrected chi connectivity index (χ4v) is 4.11. The van der Waals surface area contributed by atoms with Crippen LogP contribution in [-0.4, -0.2) is 34.2 Å². The number of likely N-dealkylation sites (tertiary alicyclic amines) is 1. The Morgan fingerprint density at radius 3 is 3.19 bits per heavy atom. The average Bonchev–Trinajstić information content (AvgIpc) is 3.18. The molecule has 0 radical (unpaired) electrons. The van der Waals surface area contributed by atoms with Crippen molar-refractivity contribution in [2.45, 2.75) is 38.5 Å². The average molecular weight is 305 g/mol. The number of rotatable bonds is 3. The molecule has 2 aliphatic rings. The molecule has 3 atom stereocenters. The Morgan fingerprint density at radius 1 is 1.48 bits per heavy atom. The molecule has 0 spiro atoms. The van der Waals surface area contributed by atoms with Crippen molar-refractivity contribution in [2.75, 3.05) is 13.1 Å². The Labute approximate surface area is 127 Å². The second-order valence-electron chi connectivity index (χ2n) is 5.94. The number of hydrogen-bond acceptors (Lipinski definition) is 6. The van der Waals surface area contributed by atoms with Crippen LogP contribution in [0.4, 0.5) is 0 Å². The topological polar surface area (TPSA) is 51.4 Å².